The van der Waals surface area contributed by atoms with Gasteiger partial charge in [0.25, 0.3) is 0 Å². The van der Waals surface area contributed by atoms with E-state index < -0.39 is 12.1 Å². The van der Waals surface area contributed by atoms with Crippen LogP contribution in [0.5, 0.6) is 0 Å². The summed E-state index contributed by atoms with van der Waals surface area (Å²) in [4.78, 5) is 16.6. The highest BCUT2D eigenvalue weighted by molar-refractivity contribution is 6.31. The summed E-state index contributed by atoms with van der Waals surface area (Å²) in [5.74, 6) is -1.13. The van der Waals surface area contributed by atoms with E-state index in [2.05, 4.69) is 16.4 Å². The van der Waals surface area contributed by atoms with Crippen molar-refractivity contribution in [1.82, 2.24) is 9.88 Å². The number of nitrogens with zero attached hydrogens (tertiary/aromatic N) is 3. The number of hydrogen-bond donors (Lipinski definition) is 1. The van der Waals surface area contributed by atoms with E-state index in [1.165, 1.54) is 0 Å². The van der Waals surface area contributed by atoms with E-state index >= 15 is 0 Å². The number of likely N-dealkylation sites (tertiary alicyclic amines) is 1. The molecule has 0 radical (unpaired) electrons. The lowest BCUT2D eigenvalue weighted by Gasteiger charge is -2.32. The highest BCUT2D eigenvalue weighted by Gasteiger charge is 2.43. The molecule has 2 heterocycles. The molecule has 0 atom stereocenters. The van der Waals surface area contributed by atoms with Crippen molar-refractivity contribution < 1.29 is 18.0 Å². The maximum Gasteiger partial charge on any atom is 0.471 e. The minimum absolute atomic E-state index is 0.0811. The minimum Gasteiger partial charge on any atom is -0.370 e. The number of rotatable bonds is 3. The van der Waals surface area contributed by atoms with E-state index in [4.69, 9.17) is 11.6 Å². The molecule has 1 saturated heterocycles. The SMILES string of the molecule is N#Cc1cc(NCC2CCN(C(=O)C(F)(F)F)CC2)nc2ccc(Cl)cc12. The molecular formula is C18H16ClF3N4O. The van der Waals surface area contributed by atoms with Crippen LogP contribution in [0.3, 0.4) is 0 Å². The molecule has 1 aromatic carbocycles. The van der Waals surface area contributed by atoms with Gasteiger partial charge in [0.1, 0.15) is 5.82 Å². The molecule has 1 amide bonds. The van der Waals surface area contributed by atoms with Crippen molar-refractivity contribution >= 4 is 34.2 Å². The second-order valence-corrected chi connectivity index (χ2v) is 6.88. The summed E-state index contributed by atoms with van der Waals surface area (Å²) in [6.07, 6.45) is -3.87. The molecule has 3 rings (SSSR count). The van der Waals surface area contributed by atoms with Gasteiger partial charge in [-0.1, -0.05) is 11.6 Å². The van der Waals surface area contributed by atoms with Crippen molar-refractivity contribution in [2.24, 2.45) is 5.92 Å². The summed E-state index contributed by atoms with van der Waals surface area (Å²) in [6, 6.07) is 8.84. The van der Waals surface area contributed by atoms with Gasteiger partial charge in [0.15, 0.2) is 0 Å². The number of nitrogens with one attached hydrogen (secondary N) is 1. The lowest BCUT2D eigenvalue weighted by Crippen LogP contribution is -2.46. The molecule has 1 aromatic heterocycles. The molecule has 0 bridgehead atoms. The van der Waals surface area contributed by atoms with Crippen LogP contribution in [-0.2, 0) is 4.79 Å². The molecular weight excluding hydrogens is 381 g/mol. The Kier molecular flexibility index (Phi) is 5.42. The zero-order chi connectivity index (χ0) is 19.6. The fourth-order valence-electron chi connectivity index (χ4n) is 3.15. The topological polar surface area (TPSA) is 69.0 Å². The quantitative estimate of drug-likeness (QED) is 0.852. The Hall–Kier alpha value is -2.53. The first kappa shape index (κ1) is 19.2. The number of benzene rings is 1. The van der Waals surface area contributed by atoms with Crippen molar-refractivity contribution in [2.75, 3.05) is 25.0 Å². The van der Waals surface area contributed by atoms with Crippen LogP contribution in [0.25, 0.3) is 10.9 Å². The van der Waals surface area contributed by atoms with Gasteiger partial charge in [-0.2, -0.15) is 18.4 Å². The van der Waals surface area contributed by atoms with Gasteiger partial charge in [-0.15, -0.1) is 0 Å². The van der Waals surface area contributed by atoms with Crippen LogP contribution in [0.1, 0.15) is 18.4 Å². The first-order chi connectivity index (χ1) is 12.8. The number of anilines is 1. The summed E-state index contributed by atoms with van der Waals surface area (Å²) in [5.41, 5.74) is 1.07. The number of halogens is 4. The highest BCUT2D eigenvalue weighted by atomic mass is 35.5. The average Bonchev–Trinajstić information content (AvgIpc) is 2.65. The fourth-order valence-corrected chi connectivity index (χ4v) is 3.32. The first-order valence-corrected chi connectivity index (χ1v) is 8.76. The molecule has 5 nitrogen and oxygen atoms in total. The van der Waals surface area contributed by atoms with Gasteiger partial charge in [-0.25, -0.2) is 4.98 Å². The summed E-state index contributed by atoms with van der Waals surface area (Å²) < 4.78 is 37.4. The van der Waals surface area contributed by atoms with Gasteiger partial charge in [-0.05, 0) is 43.0 Å². The molecule has 0 aliphatic carbocycles. The number of carbonyl (C=O) groups excluding carboxylic acids is 1. The minimum atomic E-state index is -4.82. The van der Waals surface area contributed by atoms with Gasteiger partial charge in [0, 0.05) is 30.0 Å². The van der Waals surface area contributed by atoms with E-state index in [1.54, 1.807) is 24.3 Å². The molecule has 9 heteroatoms. The number of nitriles is 1. The molecule has 0 unspecified atom stereocenters. The van der Waals surface area contributed by atoms with E-state index in [9.17, 15) is 23.2 Å². The van der Waals surface area contributed by atoms with E-state index in [0.717, 1.165) is 4.90 Å². The van der Waals surface area contributed by atoms with Crippen molar-refractivity contribution in [3.8, 4) is 6.07 Å². The van der Waals surface area contributed by atoms with Gasteiger partial charge in [0.05, 0.1) is 17.1 Å². The number of alkyl halides is 3. The van der Waals surface area contributed by atoms with Gasteiger partial charge in [0.2, 0.25) is 0 Å². The Bertz CT molecular complexity index is 902. The Balaban J connectivity index is 1.62. The predicted molar refractivity (Wildman–Crippen MR) is 95.3 cm³/mol. The molecule has 1 fully saturated rings. The average molecular weight is 397 g/mol. The zero-order valence-electron chi connectivity index (χ0n) is 14.2. The van der Waals surface area contributed by atoms with Crippen LogP contribution >= 0.6 is 11.6 Å². The molecule has 0 spiro atoms. The lowest BCUT2D eigenvalue weighted by molar-refractivity contribution is -0.186. The predicted octanol–water partition coefficient (Wildman–Crippen LogP) is 3.97. The van der Waals surface area contributed by atoms with Gasteiger partial charge in [-0.3, -0.25) is 4.79 Å². The van der Waals surface area contributed by atoms with Crippen molar-refractivity contribution in [3.63, 3.8) is 0 Å². The third-order valence-corrected chi connectivity index (χ3v) is 4.84. The van der Waals surface area contributed by atoms with Crippen LogP contribution in [0.4, 0.5) is 19.0 Å². The van der Waals surface area contributed by atoms with Crippen LogP contribution in [0.2, 0.25) is 5.02 Å². The number of amides is 1. The van der Waals surface area contributed by atoms with Crippen LogP contribution < -0.4 is 5.32 Å². The van der Waals surface area contributed by atoms with Gasteiger partial charge < -0.3 is 10.2 Å². The number of hydrogen-bond acceptors (Lipinski definition) is 4. The number of fused-ring (bicyclic) bond motifs is 1. The molecule has 1 N–H and O–H groups in total. The van der Waals surface area contributed by atoms with E-state index in [-0.39, 0.29) is 19.0 Å². The van der Waals surface area contributed by atoms with E-state index in [1.807, 2.05) is 0 Å². The maximum atomic E-state index is 12.5. The Labute approximate surface area is 158 Å². The third kappa shape index (κ3) is 4.42. The van der Waals surface area contributed by atoms with Crippen molar-refractivity contribution in [3.05, 3.63) is 34.9 Å². The molecule has 1 aliphatic heterocycles. The second-order valence-electron chi connectivity index (χ2n) is 6.44. The molecule has 2 aromatic rings. The standard InChI is InChI=1S/C18H16ClF3N4O/c19-13-1-2-15-14(8-13)12(9-23)7-16(25-15)24-10-11-3-5-26(6-4-11)17(27)18(20,21)22/h1-2,7-8,11H,3-6,10H2,(H,24,25). The lowest BCUT2D eigenvalue weighted by atomic mass is 9.96. The monoisotopic (exact) mass is 396 g/mol. The highest BCUT2D eigenvalue weighted by Crippen LogP contribution is 2.26. The number of piperidine rings is 1. The Morgan fingerprint density at radius 3 is 2.67 bits per heavy atom. The van der Waals surface area contributed by atoms with E-state index in [0.29, 0.717) is 46.7 Å². The molecule has 0 saturated carbocycles. The third-order valence-electron chi connectivity index (χ3n) is 4.61. The molecule has 142 valence electrons. The Morgan fingerprint density at radius 2 is 2.04 bits per heavy atom. The number of aromatic nitrogens is 1. The van der Waals surface area contributed by atoms with Crippen LogP contribution in [0, 0.1) is 17.2 Å². The molecule has 27 heavy (non-hydrogen) atoms. The van der Waals surface area contributed by atoms with Gasteiger partial charge >= 0.3 is 12.1 Å². The number of pyridine rings is 1. The summed E-state index contributed by atoms with van der Waals surface area (Å²) in [5, 5.41) is 13.7. The van der Waals surface area contributed by atoms with Crippen molar-refractivity contribution in [1.29, 1.82) is 5.26 Å². The first-order valence-electron chi connectivity index (χ1n) is 8.38. The number of carbonyl (C=O) groups is 1. The smallest absolute Gasteiger partial charge is 0.370 e. The summed E-state index contributed by atoms with van der Waals surface area (Å²) in [7, 11) is 0. The summed E-state index contributed by atoms with van der Waals surface area (Å²) in [6.45, 7) is 0.667. The maximum absolute atomic E-state index is 12.5. The summed E-state index contributed by atoms with van der Waals surface area (Å²) >= 11 is 5.96. The fraction of sp³-hybridized carbons (Fsp3) is 0.389. The molecule has 1 aliphatic rings. The largest absolute Gasteiger partial charge is 0.471 e. The van der Waals surface area contributed by atoms with Crippen molar-refractivity contribution in [2.45, 2.75) is 19.0 Å². The van der Waals surface area contributed by atoms with Crippen LogP contribution in [-0.4, -0.2) is 41.6 Å². The second kappa shape index (κ2) is 7.61. The zero-order valence-corrected chi connectivity index (χ0v) is 14.9. The normalized spacial score (nSPS) is 15.6. The Morgan fingerprint density at radius 1 is 1.33 bits per heavy atom. The van der Waals surface area contributed by atoms with Crippen LogP contribution in [0.15, 0.2) is 24.3 Å².